The molecule has 3 nitrogen and oxygen atoms in total. The number of halogens is 1. The van der Waals surface area contributed by atoms with Crippen LogP contribution in [0.2, 0.25) is 0 Å². The summed E-state index contributed by atoms with van der Waals surface area (Å²) in [6, 6.07) is 13.4. The predicted molar refractivity (Wildman–Crippen MR) is 90.6 cm³/mol. The molecule has 2 atom stereocenters. The first kappa shape index (κ1) is 15.0. The van der Waals surface area contributed by atoms with Crippen molar-refractivity contribution in [3.05, 3.63) is 48.0 Å². The minimum atomic E-state index is -0.917. The molecule has 2 unspecified atom stereocenters. The summed E-state index contributed by atoms with van der Waals surface area (Å²) < 4.78 is 13.6. The quantitative estimate of drug-likeness (QED) is 0.876. The lowest BCUT2D eigenvalue weighted by molar-refractivity contribution is 0.360. The summed E-state index contributed by atoms with van der Waals surface area (Å²) in [6.07, 6.45) is -0.917. The standard InChI is InChI=1S/C17H19FN2OS/c1-11(18)10-20-15-8-7-14(21)9-16(15)22-17(20)12-3-5-13(19-2)6-4-12/h3-9,11,17,19,21H,10H2,1-2H3/i18-1. The number of aromatic hydroxyl groups is 1. The minimum absolute atomic E-state index is 0.0286. The summed E-state index contributed by atoms with van der Waals surface area (Å²) in [7, 11) is 1.88. The fourth-order valence-electron chi connectivity index (χ4n) is 2.67. The summed E-state index contributed by atoms with van der Waals surface area (Å²) in [5.74, 6) is 0.241. The van der Waals surface area contributed by atoms with E-state index in [4.69, 9.17) is 0 Å². The van der Waals surface area contributed by atoms with Gasteiger partial charge in [0, 0.05) is 17.6 Å². The van der Waals surface area contributed by atoms with Gasteiger partial charge in [0.15, 0.2) is 0 Å². The zero-order valence-corrected chi connectivity index (χ0v) is 13.4. The summed E-state index contributed by atoms with van der Waals surface area (Å²) in [6.45, 7) is 1.91. The maximum Gasteiger partial charge on any atom is 0.116 e. The van der Waals surface area contributed by atoms with Crippen LogP contribution in [0.15, 0.2) is 47.4 Å². The van der Waals surface area contributed by atoms with Gasteiger partial charge in [-0.3, -0.25) is 0 Å². The number of anilines is 2. The van der Waals surface area contributed by atoms with Crippen LogP contribution >= 0.6 is 11.8 Å². The number of phenols is 1. The van der Waals surface area contributed by atoms with Crippen molar-refractivity contribution in [1.82, 2.24) is 0 Å². The van der Waals surface area contributed by atoms with Gasteiger partial charge in [0.2, 0.25) is 0 Å². The zero-order valence-electron chi connectivity index (χ0n) is 12.6. The van der Waals surface area contributed by atoms with Crippen LogP contribution in [-0.4, -0.2) is 24.9 Å². The Kier molecular flexibility index (Phi) is 4.16. The van der Waals surface area contributed by atoms with E-state index in [2.05, 4.69) is 22.3 Å². The SMILES string of the molecule is CNc1ccc(C2Sc3cc(O)ccc3N2CC(C)[18F])cc1. The van der Waals surface area contributed by atoms with Crippen molar-refractivity contribution < 1.29 is 9.50 Å². The van der Waals surface area contributed by atoms with Gasteiger partial charge in [-0.15, -0.1) is 0 Å². The van der Waals surface area contributed by atoms with Crippen LogP contribution in [-0.2, 0) is 0 Å². The van der Waals surface area contributed by atoms with Crippen molar-refractivity contribution in [2.45, 2.75) is 23.4 Å². The van der Waals surface area contributed by atoms with E-state index in [0.717, 1.165) is 21.8 Å². The maximum absolute atomic E-state index is 13.6. The molecule has 0 aromatic heterocycles. The third-order valence-corrected chi connectivity index (χ3v) is 5.04. The summed E-state index contributed by atoms with van der Waals surface area (Å²) in [5, 5.41) is 12.8. The number of benzene rings is 2. The molecule has 0 bridgehead atoms. The molecule has 5 heteroatoms. The van der Waals surface area contributed by atoms with E-state index >= 15 is 0 Å². The fraction of sp³-hybridized carbons (Fsp3) is 0.294. The van der Waals surface area contributed by atoms with Crippen molar-refractivity contribution in [3.8, 4) is 5.75 Å². The number of hydrogen-bond acceptors (Lipinski definition) is 4. The molecule has 0 saturated heterocycles. The van der Waals surface area contributed by atoms with Crippen molar-refractivity contribution in [2.24, 2.45) is 0 Å². The van der Waals surface area contributed by atoms with Crippen molar-refractivity contribution >= 4 is 23.1 Å². The van der Waals surface area contributed by atoms with Crippen LogP contribution in [0.3, 0.4) is 0 Å². The third-order valence-electron chi connectivity index (χ3n) is 3.71. The highest BCUT2D eigenvalue weighted by Gasteiger charge is 2.32. The first-order chi connectivity index (χ1) is 10.6. The van der Waals surface area contributed by atoms with Gasteiger partial charge >= 0.3 is 0 Å². The van der Waals surface area contributed by atoms with Gasteiger partial charge in [-0.2, -0.15) is 0 Å². The van der Waals surface area contributed by atoms with E-state index in [1.54, 1.807) is 30.8 Å². The van der Waals surface area contributed by atoms with E-state index in [-0.39, 0.29) is 11.1 Å². The number of nitrogens with one attached hydrogen (secondary N) is 1. The monoisotopic (exact) mass is 317 g/mol. The van der Waals surface area contributed by atoms with Crippen LogP contribution in [0.25, 0.3) is 0 Å². The summed E-state index contributed by atoms with van der Waals surface area (Å²) in [5.41, 5.74) is 3.16. The summed E-state index contributed by atoms with van der Waals surface area (Å²) in [4.78, 5) is 3.06. The van der Waals surface area contributed by atoms with Gasteiger partial charge in [-0.05, 0) is 42.8 Å². The van der Waals surface area contributed by atoms with Gasteiger partial charge in [-0.1, -0.05) is 23.9 Å². The number of fused-ring (bicyclic) bond motifs is 1. The normalized spacial score (nSPS) is 18.1. The van der Waals surface area contributed by atoms with Crippen molar-refractivity contribution in [3.63, 3.8) is 0 Å². The van der Waals surface area contributed by atoms with Crippen LogP contribution in [0, 0.1) is 0 Å². The number of hydrogen-bond donors (Lipinski definition) is 2. The molecule has 0 aliphatic carbocycles. The van der Waals surface area contributed by atoms with Gasteiger partial charge in [0.05, 0.1) is 12.2 Å². The molecule has 22 heavy (non-hydrogen) atoms. The van der Waals surface area contributed by atoms with E-state index in [0.29, 0.717) is 6.54 Å². The molecule has 2 aromatic carbocycles. The fourth-order valence-corrected chi connectivity index (χ4v) is 4.03. The average molecular weight is 317 g/mol. The Morgan fingerprint density at radius 1 is 1.27 bits per heavy atom. The molecule has 1 aliphatic heterocycles. The largest absolute Gasteiger partial charge is 0.508 e. The second-order valence-corrected chi connectivity index (χ2v) is 6.55. The van der Waals surface area contributed by atoms with Crippen LogP contribution < -0.4 is 10.2 Å². The van der Waals surface area contributed by atoms with Gasteiger partial charge < -0.3 is 15.3 Å². The van der Waals surface area contributed by atoms with Crippen molar-refractivity contribution in [1.29, 1.82) is 0 Å². The number of rotatable bonds is 4. The van der Waals surface area contributed by atoms with Gasteiger partial charge in [0.25, 0.3) is 0 Å². The molecule has 0 radical (unpaired) electrons. The van der Waals surface area contributed by atoms with Gasteiger partial charge in [-0.25, -0.2) is 4.39 Å². The van der Waals surface area contributed by atoms with E-state index in [1.165, 1.54) is 0 Å². The smallest absolute Gasteiger partial charge is 0.116 e. The Morgan fingerprint density at radius 3 is 2.64 bits per heavy atom. The highest BCUT2D eigenvalue weighted by molar-refractivity contribution is 8.00. The predicted octanol–water partition coefficient (Wildman–Crippen LogP) is 4.40. The van der Waals surface area contributed by atoms with Gasteiger partial charge in [0.1, 0.15) is 17.3 Å². The molecule has 3 rings (SSSR count). The van der Waals surface area contributed by atoms with Crippen LogP contribution in [0.5, 0.6) is 5.75 Å². The highest BCUT2D eigenvalue weighted by Crippen LogP contribution is 2.52. The topological polar surface area (TPSA) is 35.5 Å². The van der Waals surface area contributed by atoms with E-state index in [1.807, 2.05) is 25.2 Å². The minimum Gasteiger partial charge on any atom is -0.508 e. The molecule has 2 aromatic rings. The molecule has 1 aliphatic rings. The van der Waals surface area contributed by atoms with E-state index < -0.39 is 6.17 Å². The molecule has 0 saturated carbocycles. The van der Waals surface area contributed by atoms with E-state index in [9.17, 15) is 9.50 Å². The van der Waals surface area contributed by atoms with Crippen molar-refractivity contribution in [2.75, 3.05) is 23.8 Å². The molecule has 1 heterocycles. The molecule has 116 valence electrons. The Labute approximate surface area is 134 Å². The second-order valence-electron chi connectivity index (χ2n) is 5.43. The molecular formula is C17H19FN2OS. The number of phenolic OH excluding ortho intramolecular Hbond substituents is 1. The second kappa shape index (κ2) is 6.08. The number of nitrogens with zero attached hydrogens (tertiary/aromatic N) is 1. The average Bonchev–Trinajstić information content (AvgIpc) is 2.84. The Bertz CT molecular complexity index is 660. The number of alkyl halides is 1. The third kappa shape index (κ3) is 2.86. The highest BCUT2D eigenvalue weighted by atomic mass is 32.2. The van der Waals surface area contributed by atoms with Crippen LogP contribution in [0.1, 0.15) is 17.9 Å². The van der Waals surface area contributed by atoms with Crippen LogP contribution in [0.4, 0.5) is 15.8 Å². The zero-order chi connectivity index (χ0) is 15.7. The molecule has 0 spiro atoms. The lowest BCUT2D eigenvalue weighted by Gasteiger charge is -2.27. The lowest BCUT2D eigenvalue weighted by atomic mass is 10.1. The Hall–Kier alpha value is -1.88. The maximum atomic E-state index is 13.6. The lowest BCUT2D eigenvalue weighted by Crippen LogP contribution is -2.29. The molecule has 0 fully saturated rings. The molecular weight excluding hydrogens is 298 g/mol. The first-order valence-corrected chi connectivity index (χ1v) is 8.14. The Morgan fingerprint density at radius 2 is 2.00 bits per heavy atom. The Balaban J connectivity index is 1.95. The number of thioether (sulfide) groups is 1. The molecule has 0 amide bonds. The first-order valence-electron chi connectivity index (χ1n) is 7.26. The summed E-state index contributed by atoms with van der Waals surface area (Å²) >= 11 is 1.65. The molecule has 2 N–H and O–H groups in total.